The first-order valence-corrected chi connectivity index (χ1v) is 9.13. The topological polar surface area (TPSA) is 107 Å². The molecule has 0 aliphatic rings. The number of Topliss-reactive ketones (excluding diaryl/α,β-unsaturated/α-hetero) is 2. The van der Waals surface area contributed by atoms with Gasteiger partial charge in [-0.1, -0.05) is 6.07 Å². The number of ketones is 2. The quantitative estimate of drug-likeness (QED) is 0.508. The van der Waals surface area contributed by atoms with Crippen molar-refractivity contribution in [2.75, 3.05) is 0 Å². The number of aromatic nitrogens is 4. The molecule has 150 valence electrons. The van der Waals surface area contributed by atoms with E-state index in [-0.39, 0.29) is 17.0 Å². The molecular formula is C21H22N4O4. The van der Waals surface area contributed by atoms with Crippen molar-refractivity contribution in [3.63, 3.8) is 0 Å². The van der Waals surface area contributed by atoms with Crippen LogP contribution in [0.3, 0.4) is 0 Å². The molecule has 3 aromatic rings. The number of carbonyl (C=O) groups excluding carboxylic acids is 3. The molecule has 0 aliphatic heterocycles. The highest BCUT2D eigenvalue weighted by atomic mass is 16.5. The highest BCUT2D eigenvalue weighted by Crippen LogP contribution is 2.21. The second-order valence-corrected chi connectivity index (χ2v) is 6.84. The van der Waals surface area contributed by atoms with E-state index in [0.29, 0.717) is 28.3 Å². The second-order valence-electron chi connectivity index (χ2n) is 6.84. The Labute approximate surface area is 167 Å². The number of ether oxygens (including phenoxy) is 1. The standard InChI is InChI=1S/C21H22N4O4/c1-11-18(14(4)26)12(2)24-19(11)20(27)15(5)29-21(28)16-10-23-25(13(16)3)17-8-6-7-9-22-17/h6-10,15,24H,1-5H3. The molecule has 0 spiro atoms. The van der Waals surface area contributed by atoms with Crippen LogP contribution in [0.4, 0.5) is 0 Å². The Bertz CT molecular complexity index is 1100. The van der Waals surface area contributed by atoms with Crippen molar-refractivity contribution in [1.82, 2.24) is 19.7 Å². The van der Waals surface area contributed by atoms with Crippen molar-refractivity contribution in [3.8, 4) is 5.82 Å². The third kappa shape index (κ3) is 3.73. The number of esters is 1. The maximum Gasteiger partial charge on any atom is 0.342 e. The minimum atomic E-state index is -1.03. The summed E-state index contributed by atoms with van der Waals surface area (Å²) in [7, 11) is 0. The van der Waals surface area contributed by atoms with Crippen molar-refractivity contribution >= 4 is 17.5 Å². The fourth-order valence-corrected chi connectivity index (χ4v) is 3.33. The van der Waals surface area contributed by atoms with E-state index in [1.807, 2.05) is 6.07 Å². The van der Waals surface area contributed by atoms with Gasteiger partial charge in [0.2, 0.25) is 5.78 Å². The Balaban J connectivity index is 1.80. The fraction of sp³-hybridized carbons (Fsp3) is 0.286. The highest BCUT2D eigenvalue weighted by Gasteiger charge is 2.27. The van der Waals surface area contributed by atoms with Gasteiger partial charge in [0.05, 0.1) is 17.6 Å². The molecule has 29 heavy (non-hydrogen) atoms. The van der Waals surface area contributed by atoms with Crippen molar-refractivity contribution in [1.29, 1.82) is 0 Å². The molecule has 0 saturated carbocycles. The second kappa shape index (κ2) is 7.83. The number of hydrogen-bond donors (Lipinski definition) is 1. The van der Waals surface area contributed by atoms with Gasteiger partial charge in [0.15, 0.2) is 17.7 Å². The van der Waals surface area contributed by atoms with Gasteiger partial charge >= 0.3 is 5.97 Å². The van der Waals surface area contributed by atoms with Gasteiger partial charge in [0.1, 0.15) is 5.56 Å². The van der Waals surface area contributed by atoms with Gasteiger partial charge in [-0.15, -0.1) is 0 Å². The molecule has 1 unspecified atom stereocenters. The van der Waals surface area contributed by atoms with Crippen LogP contribution < -0.4 is 0 Å². The molecule has 0 aromatic carbocycles. The third-order valence-corrected chi connectivity index (χ3v) is 4.79. The predicted octanol–water partition coefficient (Wildman–Crippen LogP) is 3.15. The van der Waals surface area contributed by atoms with E-state index < -0.39 is 17.9 Å². The average molecular weight is 394 g/mol. The summed E-state index contributed by atoms with van der Waals surface area (Å²) >= 11 is 0. The van der Waals surface area contributed by atoms with Crippen molar-refractivity contribution < 1.29 is 19.1 Å². The van der Waals surface area contributed by atoms with Crippen LogP contribution in [0.1, 0.15) is 62.0 Å². The Hall–Kier alpha value is -3.55. The van der Waals surface area contributed by atoms with Crippen molar-refractivity contribution in [2.45, 2.75) is 40.7 Å². The van der Waals surface area contributed by atoms with Gasteiger partial charge in [-0.2, -0.15) is 5.10 Å². The molecule has 3 heterocycles. The Morgan fingerprint density at radius 3 is 2.48 bits per heavy atom. The molecule has 0 bridgehead atoms. The van der Waals surface area contributed by atoms with Crippen LogP contribution in [-0.4, -0.2) is 43.4 Å². The first kappa shape index (κ1) is 20.2. The largest absolute Gasteiger partial charge is 0.451 e. The Morgan fingerprint density at radius 2 is 1.90 bits per heavy atom. The Kier molecular flexibility index (Phi) is 5.45. The van der Waals surface area contributed by atoms with Crippen LogP contribution in [0.25, 0.3) is 5.82 Å². The van der Waals surface area contributed by atoms with Gasteiger partial charge in [-0.3, -0.25) is 9.59 Å². The molecule has 3 aromatic heterocycles. The lowest BCUT2D eigenvalue weighted by Gasteiger charge is -2.12. The van der Waals surface area contributed by atoms with Crippen molar-refractivity contribution in [2.24, 2.45) is 0 Å². The van der Waals surface area contributed by atoms with Crippen LogP contribution in [0.5, 0.6) is 0 Å². The van der Waals surface area contributed by atoms with Gasteiger partial charge < -0.3 is 9.72 Å². The van der Waals surface area contributed by atoms with Crippen LogP contribution in [0, 0.1) is 20.8 Å². The van der Waals surface area contributed by atoms with Gasteiger partial charge in [0, 0.05) is 17.5 Å². The summed E-state index contributed by atoms with van der Waals surface area (Å²) < 4.78 is 6.91. The predicted molar refractivity (Wildman–Crippen MR) is 106 cm³/mol. The lowest BCUT2D eigenvalue weighted by Crippen LogP contribution is -2.25. The molecule has 0 saturated heterocycles. The molecule has 8 nitrogen and oxygen atoms in total. The minimum Gasteiger partial charge on any atom is -0.451 e. The zero-order chi connectivity index (χ0) is 21.3. The molecule has 8 heteroatoms. The third-order valence-electron chi connectivity index (χ3n) is 4.79. The fourth-order valence-electron chi connectivity index (χ4n) is 3.33. The summed E-state index contributed by atoms with van der Waals surface area (Å²) in [6, 6.07) is 5.37. The summed E-state index contributed by atoms with van der Waals surface area (Å²) in [5.74, 6) is -0.612. The number of pyridine rings is 1. The number of carbonyl (C=O) groups is 3. The number of nitrogens with one attached hydrogen (secondary N) is 1. The van der Waals surface area contributed by atoms with E-state index in [0.717, 1.165) is 0 Å². The number of hydrogen-bond acceptors (Lipinski definition) is 6. The van der Waals surface area contributed by atoms with Crippen LogP contribution >= 0.6 is 0 Å². The number of nitrogens with zero attached hydrogens (tertiary/aromatic N) is 3. The molecule has 3 rings (SSSR count). The molecule has 0 aliphatic carbocycles. The van der Waals surface area contributed by atoms with Crippen LogP contribution in [-0.2, 0) is 4.74 Å². The van der Waals surface area contributed by atoms with Crippen molar-refractivity contribution in [3.05, 3.63) is 64.4 Å². The number of aryl methyl sites for hydroxylation is 1. The highest BCUT2D eigenvalue weighted by molar-refractivity contribution is 6.05. The van der Waals surface area contributed by atoms with E-state index in [1.54, 1.807) is 39.1 Å². The molecule has 0 fully saturated rings. The van der Waals surface area contributed by atoms with E-state index in [4.69, 9.17) is 4.74 Å². The summed E-state index contributed by atoms with van der Waals surface area (Å²) in [4.78, 5) is 44.3. The van der Waals surface area contributed by atoms with Crippen LogP contribution in [0.2, 0.25) is 0 Å². The molecule has 1 N–H and O–H groups in total. The van der Waals surface area contributed by atoms with E-state index >= 15 is 0 Å². The zero-order valence-corrected chi connectivity index (χ0v) is 16.9. The molecular weight excluding hydrogens is 372 g/mol. The van der Waals surface area contributed by atoms with E-state index in [1.165, 1.54) is 24.7 Å². The molecule has 1 atom stereocenters. The summed E-state index contributed by atoms with van der Waals surface area (Å²) in [5, 5.41) is 4.19. The molecule has 0 amide bonds. The lowest BCUT2D eigenvalue weighted by atomic mass is 10.0. The van der Waals surface area contributed by atoms with Crippen LogP contribution in [0.15, 0.2) is 30.6 Å². The summed E-state index contributed by atoms with van der Waals surface area (Å²) in [6.45, 7) is 8.10. The maximum absolute atomic E-state index is 12.8. The zero-order valence-electron chi connectivity index (χ0n) is 16.9. The first-order chi connectivity index (χ1) is 13.7. The van der Waals surface area contributed by atoms with E-state index in [2.05, 4.69) is 15.1 Å². The summed E-state index contributed by atoms with van der Waals surface area (Å²) in [5.41, 5.74) is 2.73. The van der Waals surface area contributed by atoms with Gasteiger partial charge in [-0.05, 0) is 52.3 Å². The maximum atomic E-state index is 12.8. The van der Waals surface area contributed by atoms with E-state index in [9.17, 15) is 14.4 Å². The average Bonchev–Trinajstić information content (AvgIpc) is 3.21. The number of H-pyrrole nitrogens is 1. The smallest absolute Gasteiger partial charge is 0.342 e. The number of aromatic amines is 1. The Morgan fingerprint density at radius 1 is 1.17 bits per heavy atom. The summed E-state index contributed by atoms with van der Waals surface area (Å²) in [6.07, 6.45) is 1.99. The SMILES string of the molecule is CC(=O)c1c(C)[nH]c(C(=O)C(C)OC(=O)c2cnn(-c3ccccn3)c2C)c1C. The van der Waals surface area contributed by atoms with Gasteiger partial charge in [0.25, 0.3) is 0 Å². The minimum absolute atomic E-state index is 0.127. The first-order valence-electron chi connectivity index (χ1n) is 9.13. The van der Waals surface area contributed by atoms with Gasteiger partial charge in [-0.25, -0.2) is 14.5 Å². The lowest BCUT2D eigenvalue weighted by molar-refractivity contribution is 0.0316. The number of rotatable bonds is 6. The molecule has 0 radical (unpaired) electrons. The normalized spacial score (nSPS) is 11.9. The monoisotopic (exact) mass is 394 g/mol.